The summed E-state index contributed by atoms with van der Waals surface area (Å²) in [6.07, 6.45) is 5.12. The van der Waals surface area contributed by atoms with Gasteiger partial charge < -0.3 is 18.9 Å². The van der Waals surface area contributed by atoms with Gasteiger partial charge in [0.15, 0.2) is 0 Å². The Kier molecular flexibility index (Phi) is 12.2. The van der Waals surface area contributed by atoms with Crippen LogP contribution in [0.2, 0.25) is 0 Å². The summed E-state index contributed by atoms with van der Waals surface area (Å²) in [5, 5.41) is 6.91. The summed E-state index contributed by atoms with van der Waals surface area (Å²) in [4.78, 5) is 24.6. The predicted octanol–water partition coefficient (Wildman–Crippen LogP) is 10.3. The fourth-order valence-electron chi connectivity index (χ4n) is 6.29. The number of ether oxygens (including phenoxy) is 4. The van der Waals surface area contributed by atoms with Crippen LogP contribution in [0.15, 0.2) is 71.0 Å². The topological polar surface area (TPSA) is 95.8 Å². The Morgan fingerprint density at radius 2 is 0.750 bits per heavy atom. The molecular formula is C40H46N2O6. The van der Waals surface area contributed by atoms with Crippen molar-refractivity contribution >= 4 is 11.4 Å². The van der Waals surface area contributed by atoms with Crippen molar-refractivity contribution < 1.29 is 18.9 Å². The highest BCUT2D eigenvalue weighted by Gasteiger charge is 2.25. The molecule has 1 aliphatic rings. The van der Waals surface area contributed by atoms with E-state index >= 15 is 0 Å². The van der Waals surface area contributed by atoms with E-state index in [2.05, 4.69) is 50.2 Å². The van der Waals surface area contributed by atoms with E-state index in [9.17, 15) is 9.81 Å². The Hall–Kier alpha value is -4.72. The predicted molar refractivity (Wildman–Crippen MR) is 191 cm³/mol. The Balaban J connectivity index is 1.83. The van der Waals surface area contributed by atoms with E-state index in [4.69, 9.17) is 18.9 Å². The molecule has 0 unspecified atom stereocenters. The van der Waals surface area contributed by atoms with Crippen LogP contribution in [0, 0.1) is 9.81 Å². The standard InChI is InChI=1S/C40H46N2O6/c1-5-19-45-37-27-11-9-13-29(37)25-33-35(41-43)18-16-32(40(33)48-22-8-4)24-28-12-10-14-30(38(28)46-20-6-2)26-34-36(42-44)17-15-31(23-27)39(34)47-21-7-3/h9-18H,5-8,19-26H2,1-4H3. The molecule has 5 rings (SSSR count). The zero-order chi connectivity index (χ0) is 33.9. The normalized spacial score (nSPS) is 12.2. The second-order valence-corrected chi connectivity index (χ2v) is 12.2. The number of nitrogens with zero attached hydrogens (tertiary/aromatic N) is 2. The van der Waals surface area contributed by atoms with Gasteiger partial charge in [-0.1, -0.05) is 76.2 Å². The summed E-state index contributed by atoms with van der Waals surface area (Å²) in [5.41, 5.74) is 7.90. The fraction of sp³-hybridized carbons (Fsp3) is 0.400. The van der Waals surface area contributed by atoms with Gasteiger partial charge in [0.2, 0.25) is 0 Å². The first-order valence-corrected chi connectivity index (χ1v) is 17.2. The molecule has 4 aromatic carbocycles. The lowest BCUT2D eigenvalue weighted by Crippen LogP contribution is -2.10. The third-order valence-corrected chi connectivity index (χ3v) is 8.49. The molecule has 48 heavy (non-hydrogen) atoms. The van der Waals surface area contributed by atoms with E-state index in [1.54, 1.807) is 12.1 Å². The van der Waals surface area contributed by atoms with E-state index in [0.717, 1.165) is 81.7 Å². The molecule has 0 aromatic heterocycles. The first-order valence-electron chi connectivity index (χ1n) is 17.2. The van der Waals surface area contributed by atoms with E-state index in [1.807, 2.05) is 36.4 Å². The Labute approximate surface area is 283 Å². The molecule has 0 amide bonds. The summed E-state index contributed by atoms with van der Waals surface area (Å²) >= 11 is 0. The molecule has 0 fully saturated rings. The minimum Gasteiger partial charge on any atom is -0.493 e. The average molecular weight is 651 g/mol. The van der Waals surface area contributed by atoms with Gasteiger partial charge in [-0.2, -0.15) is 0 Å². The minimum absolute atomic E-state index is 0.353. The molecule has 4 aromatic rings. The molecule has 8 heteroatoms. The van der Waals surface area contributed by atoms with E-state index < -0.39 is 0 Å². The molecule has 0 N–H and O–H groups in total. The van der Waals surface area contributed by atoms with Gasteiger partial charge in [-0.15, -0.1) is 9.81 Å². The zero-order valence-corrected chi connectivity index (χ0v) is 28.6. The van der Waals surface area contributed by atoms with Crippen LogP contribution in [0.1, 0.15) is 97.9 Å². The van der Waals surface area contributed by atoms with Gasteiger partial charge in [-0.25, -0.2) is 0 Å². The number of benzene rings is 4. The minimum atomic E-state index is 0.353. The maximum atomic E-state index is 12.3. The van der Waals surface area contributed by atoms with Crippen molar-refractivity contribution in [3.63, 3.8) is 0 Å². The number of fused-ring (bicyclic) bond motifs is 8. The molecule has 0 heterocycles. The third kappa shape index (κ3) is 7.70. The van der Waals surface area contributed by atoms with Crippen molar-refractivity contribution in [1.82, 2.24) is 0 Å². The van der Waals surface area contributed by atoms with Gasteiger partial charge in [-0.05, 0) is 81.6 Å². The molecule has 0 saturated carbocycles. The third-order valence-electron chi connectivity index (χ3n) is 8.49. The van der Waals surface area contributed by atoms with Crippen LogP contribution in [-0.4, -0.2) is 26.4 Å². The molecule has 0 atom stereocenters. The molecular weight excluding hydrogens is 604 g/mol. The number of para-hydroxylation sites is 2. The van der Waals surface area contributed by atoms with Crippen LogP contribution in [0.4, 0.5) is 11.4 Å². The first-order chi connectivity index (χ1) is 23.6. The second kappa shape index (κ2) is 16.9. The number of rotatable bonds is 14. The molecule has 8 nitrogen and oxygen atoms in total. The average Bonchev–Trinajstić information content (AvgIpc) is 3.10. The van der Waals surface area contributed by atoms with E-state index in [-0.39, 0.29) is 0 Å². The molecule has 1 aliphatic carbocycles. The lowest BCUT2D eigenvalue weighted by atomic mass is 9.90. The van der Waals surface area contributed by atoms with Gasteiger partial charge in [0, 0.05) is 36.8 Å². The molecule has 252 valence electrons. The van der Waals surface area contributed by atoms with Crippen LogP contribution in [0.25, 0.3) is 0 Å². The van der Waals surface area contributed by atoms with Crippen LogP contribution in [0.5, 0.6) is 23.0 Å². The molecule has 0 radical (unpaired) electrons. The maximum absolute atomic E-state index is 12.3. The summed E-state index contributed by atoms with van der Waals surface area (Å²) in [7, 11) is 0. The number of hydrogen-bond acceptors (Lipinski definition) is 8. The van der Waals surface area contributed by atoms with E-state index in [0.29, 0.717) is 75.0 Å². The van der Waals surface area contributed by atoms with Crippen molar-refractivity contribution in [2.75, 3.05) is 26.4 Å². The largest absolute Gasteiger partial charge is 0.493 e. The summed E-state index contributed by atoms with van der Waals surface area (Å²) in [6, 6.07) is 19.7. The number of hydrogen-bond donors (Lipinski definition) is 0. The second-order valence-electron chi connectivity index (χ2n) is 12.2. The number of nitroso groups, excluding NO2 is 2. The molecule has 8 bridgehead atoms. The van der Waals surface area contributed by atoms with Crippen molar-refractivity contribution in [2.24, 2.45) is 10.4 Å². The van der Waals surface area contributed by atoms with Crippen molar-refractivity contribution in [1.29, 1.82) is 0 Å². The summed E-state index contributed by atoms with van der Waals surface area (Å²) < 4.78 is 25.9. The Morgan fingerprint density at radius 3 is 1.08 bits per heavy atom. The lowest BCUT2D eigenvalue weighted by molar-refractivity contribution is 0.305. The van der Waals surface area contributed by atoms with Gasteiger partial charge in [0.05, 0.1) is 26.4 Å². The zero-order valence-electron chi connectivity index (χ0n) is 28.6. The van der Waals surface area contributed by atoms with Gasteiger partial charge >= 0.3 is 0 Å². The van der Waals surface area contributed by atoms with Crippen LogP contribution < -0.4 is 18.9 Å². The highest BCUT2D eigenvalue weighted by atomic mass is 16.5. The van der Waals surface area contributed by atoms with Gasteiger partial charge in [0.25, 0.3) is 0 Å². The molecule has 0 saturated heterocycles. The Morgan fingerprint density at radius 1 is 0.438 bits per heavy atom. The SMILES string of the molecule is CCCOc1c2cccc1Cc1c(N=O)ccc(c1OCCC)Cc1cccc(c1OCCC)Cc1c(N=O)ccc(c1OCCC)C2. The molecule has 0 aliphatic heterocycles. The summed E-state index contributed by atoms with van der Waals surface area (Å²) in [6.45, 7) is 10.4. The first kappa shape index (κ1) is 34.6. The van der Waals surface area contributed by atoms with Gasteiger partial charge in [-0.3, -0.25) is 0 Å². The highest BCUT2D eigenvalue weighted by molar-refractivity contribution is 5.64. The lowest BCUT2D eigenvalue weighted by Gasteiger charge is -2.23. The monoisotopic (exact) mass is 650 g/mol. The van der Waals surface area contributed by atoms with Crippen molar-refractivity contribution in [2.45, 2.75) is 79.1 Å². The van der Waals surface area contributed by atoms with Crippen molar-refractivity contribution in [3.8, 4) is 23.0 Å². The fourth-order valence-corrected chi connectivity index (χ4v) is 6.29. The summed E-state index contributed by atoms with van der Waals surface area (Å²) in [5.74, 6) is 2.90. The highest BCUT2D eigenvalue weighted by Crippen LogP contribution is 2.43. The Bertz CT molecular complexity index is 1610. The van der Waals surface area contributed by atoms with Crippen LogP contribution in [0.3, 0.4) is 0 Å². The van der Waals surface area contributed by atoms with E-state index in [1.165, 1.54) is 0 Å². The maximum Gasteiger partial charge on any atom is 0.128 e. The quantitative estimate of drug-likeness (QED) is 0.111. The van der Waals surface area contributed by atoms with Crippen LogP contribution >= 0.6 is 0 Å². The van der Waals surface area contributed by atoms with Gasteiger partial charge in [0.1, 0.15) is 34.4 Å². The van der Waals surface area contributed by atoms with Crippen molar-refractivity contribution in [3.05, 3.63) is 115 Å². The smallest absolute Gasteiger partial charge is 0.128 e. The molecule has 0 spiro atoms. The van der Waals surface area contributed by atoms with Crippen LogP contribution in [-0.2, 0) is 25.7 Å².